The second-order valence-electron chi connectivity index (χ2n) is 3.75. The molecule has 0 saturated heterocycles. The molecule has 1 atom stereocenters. The van der Waals surface area contributed by atoms with Crippen LogP contribution in [0.2, 0.25) is 0 Å². The smallest absolute Gasteiger partial charge is 0.335 e. The highest BCUT2D eigenvalue weighted by Gasteiger charge is 2.42. The second-order valence-corrected chi connectivity index (χ2v) is 3.75. The molecule has 1 unspecified atom stereocenters. The van der Waals surface area contributed by atoms with Gasteiger partial charge in [-0.3, -0.25) is 15.1 Å². The largest absolute Gasteiger partial charge is 0.420 e. The molecule has 2 amide bonds. The predicted molar refractivity (Wildman–Crippen MR) is 67.0 cm³/mol. The lowest BCUT2D eigenvalue weighted by atomic mass is 10.2. The molecule has 4 N–H and O–H groups in total. The van der Waals surface area contributed by atoms with Crippen molar-refractivity contribution in [1.82, 2.24) is 10.6 Å². The van der Waals surface area contributed by atoms with Crippen LogP contribution in [-0.2, 0) is 14.3 Å². The number of carbonyl (C=O) groups excluding carboxylic acids is 3. The summed E-state index contributed by atoms with van der Waals surface area (Å²) in [6.45, 7) is 5.06. The Bertz CT molecular complexity index is 483. The summed E-state index contributed by atoms with van der Waals surface area (Å²) < 4.78 is 4.95. The van der Waals surface area contributed by atoms with Gasteiger partial charge >= 0.3 is 17.7 Å². The van der Waals surface area contributed by atoms with Crippen molar-refractivity contribution in [2.45, 2.75) is 12.6 Å². The number of amidine groups is 1. The summed E-state index contributed by atoms with van der Waals surface area (Å²) in [6, 6.07) is -1.04. The normalized spacial score (nSPS) is 16.4. The van der Waals surface area contributed by atoms with Crippen LogP contribution in [0.1, 0.15) is 6.92 Å². The lowest BCUT2D eigenvalue weighted by molar-refractivity contribution is -0.153. The van der Waals surface area contributed by atoms with Crippen LogP contribution in [0, 0.1) is 0 Å². The first-order chi connectivity index (χ1) is 8.91. The van der Waals surface area contributed by atoms with Crippen LogP contribution in [0.4, 0.5) is 4.79 Å². The van der Waals surface area contributed by atoms with Gasteiger partial charge in [-0.05, 0) is 13.0 Å². The van der Waals surface area contributed by atoms with Crippen LogP contribution in [0.15, 0.2) is 29.4 Å². The summed E-state index contributed by atoms with van der Waals surface area (Å²) in [6.07, 6.45) is 3.39. The lowest BCUT2D eigenvalue weighted by Gasteiger charge is -2.30. The zero-order valence-corrected chi connectivity index (χ0v) is 10.3. The van der Waals surface area contributed by atoms with Crippen LogP contribution < -0.4 is 16.4 Å². The molecule has 8 nitrogen and oxygen atoms in total. The zero-order chi connectivity index (χ0) is 14.5. The van der Waals surface area contributed by atoms with Crippen molar-refractivity contribution in [3.8, 4) is 0 Å². The Morgan fingerprint density at radius 3 is 2.79 bits per heavy atom. The number of esters is 1. The Morgan fingerprint density at radius 1 is 1.68 bits per heavy atom. The van der Waals surface area contributed by atoms with E-state index in [1.54, 1.807) is 6.08 Å². The molecule has 1 aliphatic rings. The first-order valence-electron chi connectivity index (χ1n) is 5.30. The predicted octanol–water partition coefficient (Wildman–Crippen LogP) is -0.815. The number of aliphatic imine (C=N–C) groups is 1. The summed E-state index contributed by atoms with van der Waals surface area (Å²) in [5.74, 6) is -0.904. The van der Waals surface area contributed by atoms with E-state index in [-0.39, 0.29) is 24.2 Å². The molecule has 19 heavy (non-hydrogen) atoms. The second kappa shape index (κ2) is 5.80. The number of nitrogens with one attached hydrogen (secondary N) is 2. The van der Waals surface area contributed by atoms with E-state index >= 15 is 0 Å². The Hall–Kier alpha value is -2.64. The third kappa shape index (κ3) is 3.41. The number of primary amides is 1. The molecule has 0 spiro atoms. The number of urea groups is 1. The number of ether oxygens (including phenoxy) is 1. The minimum absolute atomic E-state index is 0.0431. The Balaban J connectivity index is 3.10. The molecular formula is C11H14N4O4. The SMILES string of the molecule is C=C(C)C(=O)OC(C=O)(NC(N)=O)C1=NCC=CN1. The molecule has 0 aromatic heterocycles. The molecule has 102 valence electrons. The van der Waals surface area contributed by atoms with E-state index in [1.165, 1.54) is 13.1 Å². The third-order valence-electron chi connectivity index (χ3n) is 2.12. The van der Waals surface area contributed by atoms with Crippen molar-refractivity contribution >= 4 is 24.1 Å². The van der Waals surface area contributed by atoms with E-state index in [0.29, 0.717) is 0 Å². The average Bonchev–Trinajstić information content (AvgIpc) is 2.38. The minimum Gasteiger partial charge on any atom is -0.420 e. The maximum atomic E-state index is 11.6. The topological polar surface area (TPSA) is 123 Å². The number of amides is 2. The quantitative estimate of drug-likeness (QED) is 0.260. The summed E-state index contributed by atoms with van der Waals surface area (Å²) in [5, 5.41) is 4.68. The highest BCUT2D eigenvalue weighted by atomic mass is 16.6. The van der Waals surface area contributed by atoms with Gasteiger partial charge in [0.25, 0.3) is 0 Å². The van der Waals surface area contributed by atoms with Crippen molar-refractivity contribution in [3.05, 3.63) is 24.4 Å². The van der Waals surface area contributed by atoms with E-state index in [1.807, 2.05) is 0 Å². The number of hydrogen-bond acceptors (Lipinski definition) is 6. The van der Waals surface area contributed by atoms with Gasteiger partial charge in [0, 0.05) is 11.8 Å². The summed E-state index contributed by atoms with van der Waals surface area (Å²) in [4.78, 5) is 37.8. The molecular weight excluding hydrogens is 252 g/mol. The molecule has 0 fully saturated rings. The minimum atomic E-state index is -2.09. The molecule has 0 aliphatic carbocycles. The molecule has 1 aliphatic heterocycles. The van der Waals surface area contributed by atoms with Gasteiger partial charge in [-0.1, -0.05) is 6.58 Å². The Labute approximate surface area is 109 Å². The number of hydrogen-bond donors (Lipinski definition) is 3. The van der Waals surface area contributed by atoms with E-state index in [4.69, 9.17) is 10.5 Å². The van der Waals surface area contributed by atoms with E-state index in [2.05, 4.69) is 22.2 Å². The van der Waals surface area contributed by atoms with Gasteiger partial charge in [0.1, 0.15) is 0 Å². The number of carbonyl (C=O) groups is 3. The fourth-order valence-corrected chi connectivity index (χ4v) is 1.26. The molecule has 0 saturated carbocycles. The van der Waals surface area contributed by atoms with Gasteiger partial charge in [-0.15, -0.1) is 0 Å². The van der Waals surface area contributed by atoms with Crippen LogP contribution in [-0.4, -0.2) is 36.4 Å². The highest BCUT2D eigenvalue weighted by Crippen LogP contribution is 2.11. The molecule has 0 radical (unpaired) electrons. The van der Waals surface area contributed by atoms with Crippen molar-refractivity contribution in [2.75, 3.05) is 6.54 Å². The van der Waals surface area contributed by atoms with E-state index in [9.17, 15) is 14.4 Å². The monoisotopic (exact) mass is 266 g/mol. The maximum absolute atomic E-state index is 11.6. The number of nitrogens with two attached hydrogens (primary N) is 1. The van der Waals surface area contributed by atoms with Gasteiger partial charge in [0.05, 0.1) is 6.54 Å². The van der Waals surface area contributed by atoms with Crippen LogP contribution in [0.3, 0.4) is 0 Å². The van der Waals surface area contributed by atoms with Crippen molar-refractivity contribution < 1.29 is 19.1 Å². The summed E-state index contributed by atoms with van der Waals surface area (Å²) in [7, 11) is 0. The Morgan fingerprint density at radius 2 is 2.37 bits per heavy atom. The van der Waals surface area contributed by atoms with E-state index in [0.717, 1.165) is 0 Å². The number of rotatable bonds is 5. The van der Waals surface area contributed by atoms with E-state index < -0.39 is 17.7 Å². The number of aldehydes is 1. The van der Waals surface area contributed by atoms with Gasteiger partial charge in [0.15, 0.2) is 12.1 Å². The maximum Gasteiger partial charge on any atom is 0.335 e. The standard InChI is InChI=1S/C11H14N4O4/c1-7(2)8(17)19-11(6-16,15-10(12)18)9-13-4-3-5-14-9/h3-4,6H,1,5H2,2H3,(H,13,14)(H3,12,15,18). The van der Waals surface area contributed by atoms with Gasteiger partial charge in [-0.25, -0.2) is 9.59 Å². The molecule has 1 heterocycles. The third-order valence-corrected chi connectivity index (χ3v) is 2.12. The first kappa shape index (κ1) is 14.4. The van der Waals surface area contributed by atoms with Gasteiger partial charge < -0.3 is 15.8 Å². The van der Waals surface area contributed by atoms with Gasteiger partial charge in [0.2, 0.25) is 0 Å². The Kier molecular flexibility index (Phi) is 4.41. The highest BCUT2D eigenvalue weighted by molar-refractivity contribution is 6.08. The fraction of sp³-hybridized carbons (Fsp3) is 0.273. The number of nitrogens with zero attached hydrogens (tertiary/aromatic N) is 1. The van der Waals surface area contributed by atoms with Crippen LogP contribution in [0.5, 0.6) is 0 Å². The summed E-state index contributed by atoms with van der Waals surface area (Å²) in [5.41, 5.74) is 2.96. The first-order valence-corrected chi connectivity index (χ1v) is 5.30. The molecule has 0 aromatic carbocycles. The zero-order valence-electron chi connectivity index (χ0n) is 10.3. The molecule has 8 heteroatoms. The fourth-order valence-electron chi connectivity index (χ4n) is 1.26. The van der Waals surface area contributed by atoms with Crippen molar-refractivity contribution in [2.24, 2.45) is 10.7 Å². The van der Waals surface area contributed by atoms with Crippen molar-refractivity contribution in [1.29, 1.82) is 0 Å². The summed E-state index contributed by atoms with van der Waals surface area (Å²) >= 11 is 0. The molecule has 1 rings (SSSR count). The average molecular weight is 266 g/mol. The van der Waals surface area contributed by atoms with Crippen LogP contribution in [0.25, 0.3) is 0 Å². The van der Waals surface area contributed by atoms with Gasteiger partial charge in [-0.2, -0.15) is 0 Å². The molecule has 0 aromatic rings. The van der Waals surface area contributed by atoms with Crippen LogP contribution >= 0.6 is 0 Å². The lowest BCUT2D eigenvalue weighted by Crippen LogP contribution is -2.63. The molecule has 0 bridgehead atoms. The van der Waals surface area contributed by atoms with Crippen molar-refractivity contribution in [3.63, 3.8) is 0 Å².